The number of aliphatic carboxylic acids is 1. The zero-order valence-corrected chi connectivity index (χ0v) is 12.2. The minimum absolute atomic E-state index is 0.162. The number of hydrogen-bond acceptors (Lipinski definition) is 6. The van der Waals surface area contributed by atoms with E-state index in [1.807, 2.05) is 12.1 Å². The standard InChI is InChI=1S/C15H19NO6/c1-9(17)22-15-12(16-7-13(15)18)6-10-2-4-11(5-3-10)21-8-14(19)20/h2-5,12-13,15-16,18H,6-8H2,1H3,(H,19,20). The van der Waals surface area contributed by atoms with E-state index in [0.717, 1.165) is 5.56 Å². The van der Waals surface area contributed by atoms with Gasteiger partial charge in [-0.2, -0.15) is 0 Å². The van der Waals surface area contributed by atoms with Gasteiger partial charge < -0.3 is 25.0 Å². The van der Waals surface area contributed by atoms with Crippen LogP contribution in [-0.2, 0) is 20.7 Å². The molecule has 1 aliphatic heterocycles. The Morgan fingerprint density at radius 2 is 2.00 bits per heavy atom. The van der Waals surface area contributed by atoms with Crippen molar-refractivity contribution in [2.75, 3.05) is 13.2 Å². The number of benzene rings is 1. The van der Waals surface area contributed by atoms with Crippen molar-refractivity contribution < 1.29 is 29.3 Å². The van der Waals surface area contributed by atoms with E-state index in [0.29, 0.717) is 18.7 Å². The zero-order valence-electron chi connectivity index (χ0n) is 12.2. The van der Waals surface area contributed by atoms with Crippen molar-refractivity contribution in [3.63, 3.8) is 0 Å². The highest BCUT2D eigenvalue weighted by molar-refractivity contribution is 5.68. The number of nitrogens with one attached hydrogen (secondary N) is 1. The predicted molar refractivity (Wildman–Crippen MR) is 76.6 cm³/mol. The van der Waals surface area contributed by atoms with Crippen molar-refractivity contribution in [2.45, 2.75) is 31.6 Å². The van der Waals surface area contributed by atoms with Crippen LogP contribution in [0.25, 0.3) is 0 Å². The van der Waals surface area contributed by atoms with Crippen LogP contribution in [0.2, 0.25) is 0 Å². The van der Waals surface area contributed by atoms with Crippen LogP contribution in [0.4, 0.5) is 0 Å². The highest BCUT2D eigenvalue weighted by Gasteiger charge is 2.37. The number of rotatable bonds is 6. The van der Waals surface area contributed by atoms with E-state index < -0.39 is 24.1 Å². The monoisotopic (exact) mass is 309 g/mol. The molecule has 0 spiro atoms. The van der Waals surface area contributed by atoms with Crippen molar-refractivity contribution >= 4 is 11.9 Å². The summed E-state index contributed by atoms with van der Waals surface area (Å²) in [5.41, 5.74) is 0.964. The lowest BCUT2D eigenvalue weighted by molar-refractivity contribution is -0.151. The Morgan fingerprint density at radius 1 is 1.32 bits per heavy atom. The summed E-state index contributed by atoms with van der Waals surface area (Å²) in [6.07, 6.45) is -0.707. The molecule has 1 aromatic rings. The lowest BCUT2D eigenvalue weighted by Crippen LogP contribution is -2.38. The highest BCUT2D eigenvalue weighted by atomic mass is 16.6. The minimum Gasteiger partial charge on any atom is -0.482 e. The van der Waals surface area contributed by atoms with E-state index in [1.165, 1.54) is 6.92 Å². The Morgan fingerprint density at radius 3 is 2.59 bits per heavy atom. The average molecular weight is 309 g/mol. The normalized spacial score (nSPS) is 24.0. The third kappa shape index (κ3) is 4.44. The number of aliphatic hydroxyl groups is 1. The van der Waals surface area contributed by atoms with Crippen molar-refractivity contribution in [3.05, 3.63) is 29.8 Å². The van der Waals surface area contributed by atoms with E-state index in [-0.39, 0.29) is 12.6 Å². The van der Waals surface area contributed by atoms with Crippen LogP contribution in [0.15, 0.2) is 24.3 Å². The van der Waals surface area contributed by atoms with Gasteiger partial charge in [-0.25, -0.2) is 4.79 Å². The number of esters is 1. The summed E-state index contributed by atoms with van der Waals surface area (Å²) in [5.74, 6) is -0.977. The zero-order chi connectivity index (χ0) is 16.1. The van der Waals surface area contributed by atoms with E-state index in [2.05, 4.69) is 5.32 Å². The maximum atomic E-state index is 11.1. The van der Waals surface area contributed by atoms with Crippen LogP contribution in [0.1, 0.15) is 12.5 Å². The van der Waals surface area contributed by atoms with Crippen LogP contribution >= 0.6 is 0 Å². The molecule has 0 saturated carbocycles. The summed E-state index contributed by atoms with van der Waals surface area (Å²) in [6.45, 7) is 1.31. The molecule has 3 N–H and O–H groups in total. The summed E-state index contributed by atoms with van der Waals surface area (Å²) in [5, 5.41) is 21.5. The average Bonchev–Trinajstić information content (AvgIpc) is 2.79. The third-order valence-electron chi connectivity index (χ3n) is 3.41. The fourth-order valence-electron chi connectivity index (χ4n) is 2.43. The number of carbonyl (C=O) groups excluding carboxylic acids is 1. The summed E-state index contributed by atoms with van der Waals surface area (Å²) in [7, 11) is 0. The maximum Gasteiger partial charge on any atom is 0.341 e. The van der Waals surface area contributed by atoms with E-state index in [9.17, 15) is 14.7 Å². The second-order valence-corrected chi connectivity index (χ2v) is 5.19. The van der Waals surface area contributed by atoms with E-state index in [1.54, 1.807) is 12.1 Å². The Labute approximate surface area is 127 Å². The van der Waals surface area contributed by atoms with Crippen LogP contribution < -0.4 is 10.1 Å². The Kier molecular flexibility index (Phi) is 5.35. The molecule has 0 aromatic heterocycles. The van der Waals surface area contributed by atoms with Crippen molar-refractivity contribution in [3.8, 4) is 5.75 Å². The van der Waals surface area contributed by atoms with Gasteiger partial charge in [0.15, 0.2) is 6.61 Å². The second kappa shape index (κ2) is 7.24. The first kappa shape index (κ1) is 16.3. The molecule has 1 saturated heterocycles. The Hall–Kier alpha value is -2.12. The molecule has 1 heterocycles. The maximum absolute atomic E-state index is 11.1. The van der Waals surface area contributed by atoms with Gasteiger partial charge in [-0.15, -0.1) is 0 Å². The molecular weight excluding hydrogens is 290 g/mol. The molecule has 1 aromatic carbocycles. The van der Waals surface area contributed by atoms with E-state index >= 15 is 0 Å². The number of hydrogen-bond donors (Lipinski definition) is 3. The first-order valence-electron chi connectivity index (χ1n) is 6.98. The van der Waals surface area contributed by atoms with Crippen LogP contribution in [-0.4, -0.2) is 53.6 Å². The number of carboxylic acid groups (broad SMARTS) is 1. The third-order valence-corrected chi connectivity index (χ3v) is 3.41. The fraction of sp³-hybridized carbons (Fsp3) is 0.467. The molecule has 0 radical (unpaired) electrons. The summed E-state index contributed by atoms with van der Waals surface area (Å²) < 4.78 is 10.2. The molecule has 0 amide bonds. The van der Waals surface area contributed by atoms with Gasteiger partial charge in [0.2, 0.25) is 0 Å². The lowest BCUT2D eigenvalue weighted by Gasteiger charge is -2.21. The largest absolute Gasteiger partial charge is 0.482 e. The molecule has 1 aliphatic rings. The minimum atomic E-state index is -1.03. The van der Waals surface area contributed by atoms with Gasteiger partial charge in [0.25, 0.3) is 0 Å². The lowest BCUT2D eigenvalue weighted by atomic mass is 10.0. The molecule has 3 unspecified atom stereocenters. The van der Waals surface area contributed by atoms with E-state index in [4.69, 9.17) is 14.6 Å². The van der Waals surface area contributed by atoms with Gasteiger partial charge in [0, 0.05) is 13.5 Å². The fourth-order valence-corrected chi connectivity index (χ4v) is 2.43. The van der Waals surface area contributed by atoms with Crippen LogP contribution in [0, 0.1) is 0 Å². The molecule has 120 valence electrons. The molecule has 0 bridgehead atoms. The predicted octanol–water partition coefficient (Wildman–Crippen LogP) is -0.0431. The summed E-state index contributed by atoms with van der Waals surface area (Å²) in [6, 6.07) is 6.84. The van der Waals surface area contributed by atoms with Crippen LogP contribution in [0.5, 0.6) is 5.75 Å². The van der Waals surface area contributed by atoms with Crippen molar-refractivity contribution in [1.29, 1.82) is 0 Å². The SMILES string of the molecule is CC(=O)OC1C(O)CNC1Cc1ccc(OCC(=O)O)cc1. The van der Waals surface area contributed by atoms with Gasteiger partial charge in [-0.3, -0.25) is 4.79 Å². The smallest absolute Gasteiger partial charge is 0.341 e. The first-order valence-corrected chi connectivity index (χ1v) is 6.98. The van der Waals surface area contributed by atoms with Gasteiger partial charge in [-0.1, -0.05) is 12.1 Å². The van der Waals surface area contributed by atoms with Crippen LogP contribution in [0.3, 0.4) is 0 Å². The Bertz CT molecular complexity index is 529. The molecule has 1 fully saturated rings. The number of carboxylic acids is 1. The van der Waals surface area contributed by atoms with Gasteiger partial charge in [-0.05, 0) is 24.1 Å². The second-order valence-electron chi connectivity index (χ2n) is 5.19. The number of ether oxygens (including phenoxy) is 2. The highest BCUT2D eigenvalue weighted by Crippen LogP contribution is 2.19. The number of carbonyl (C=O) groups is 2. The molecule has 0 aliphatic carbocycles. The topological polar surface area (TPSA) is 105 Å². The number of β-amino-alcohol motifs (C(OH)–C–C–N with tert-alkyl or cyclic N) is 1. The van der Waals surface area contributed by atoms with Gasteiger partial charge in [0.1, 0.15) is 18.0 Å². The van der Waals surface area contributed by atoms with Crippen molar-refractivity contribution in [1.82, 2.24) is 5.32 Å². The molecule has 22 heavy (non-hydrogen) atoms. The summed E-state index contributed by atoms with van der Waals surface area (Å²) in [4.78, 5) is 21.5. The molecular formula is C15H19NO6. The first-order chi connectivity index (χ1) is 10.5. The molecule has 7 heteroatoms. The summed E-state index contributed by atoms with van der Waals surface area (Å²) >= 11 is 0. The molecule has 7 nitrogen and oxygen atoms in total. The quantitative estimate of drug-likeness (QED) is 0.633. The van der Waals surface area contributed by atoms with Gasteiger partial charge in [0.05, 0.1) is 6.04 Å². The van der Waals surface area contributed by atoms with Gasteiger partial charge >= 0.3 is 11.9 Å². The number of aliphatic hydroxyl groups excluding tert-OH is 1. The molecule has 3 atom stereocenters. The van der Waals surface area contributed by atoms with Crippen molar-refractivity contribution in [2.24, 2.45) is 0 Å². The Balaban J connectivity index is 1.95. The molecule has 2 rings (SSSR count).